The summed E-state index contributed by atoms with van der Waals surface area (Å²) in [6.45, 7) is 7.30. The van der Waals surface area contributed by atoms with E-state index in [9.17, 15) is 0 Å². The Balaban J connectivity index is 2.77. The highest BCUT2D eigenvalue weighted by molar-refractivity contribution is 5.41. The molecule has 1 aromatic rings. The van der Waals surface area contributed by atoms with Gasteiger partial charge in [0.05, 0.1) is 18.8 Å². The van der Waals surface area contributed by atoms with Crippen molar-refractivity contribution in [1.29, 1.82) is 0 Å². The fourth-order valence-corrected chi connectivity index (χ4v) is 1.29. The number of benzene rings is 1. The predicted octanol–water partition coefficient (Wildman–Crippen LogP) is 2.70. The minimum atomic E-state index is -0.0889. The van der Waals surface area contributed by atoms with E-state index in [2.05, 4.69) is 32.6 Å². The summed E-state index contributed by atoms with van der Waals surface area (Å²) < 4.78 is 5.89. The molecule has 0 bridgehead atoms. The van der Waals surface area contributed by atoms with E-state index < -0.39 is 0 Å². The van der Waals surface area contributed by atoms with Gasteiger partial charge in [-0.15, -0.1) is 0 Å². The van der Waals surface area contributed by atoms with Crippen molar-refractivity contribution < 1.29 is 4.74 Å². The van der Waals surface area contributed by atoms with Gasteiger partial charge in [-0.3, -0.25) is 0 Å². The lowest BCUT2D eigenvalue weighted by Gasteiger charge is -2.23. The molecule has 0 aliphatic rings. The van der Waals surface area contributed by atoms with E-state index in [4.69, 9.17) is 10.5 Å². The van der Waals surface area contributed by atoms with Gasteiger partial charge in [-0.2, -0.15) is 0 Å². The number of hydrogen-bond acceptors (Lipinski definition) is 2. The molecule has 2 nitrogen and oxygen atoms in total. The Kier molecular flexibility index (Phi) is 5.21. The third-order valence-corrected chi connectivity index (χ3v) is 2.81. The van der Waals surface area contributed by atoms with Crippen LogP contribution in [0.5, 0.6) is 0 Å². The molecule has 17 heavy (non-hydrogen) atoms. The summed E-state index contributed by atoms with van der Waals surface area (Å²) in [7, 11) is 0. The number of nitrogens with two attached hydrogens (primary N) is 1. The molecule has 0 saturated carbocycles. The van der Waals surface area contributed by atoms with E-state index in [0.29, 0.717) is 13.2 Å². The molecule has 1 aromatic carbocycles. The molecule has 0 aliphatic carbocycles. The molecule has 0 radical (unpaired) electrons. The minimum absolute atomic E-state index is 0.0889. The van der Waals surface area contributed by atoms with E-state index in [1.165, 1.54) is 0 Å². The largest absolute Gasteiger partial charge is 0.371 e. The summed E-state index contributed by atoms with van der Waals surface area (Å²) in [6, 6.07) is 8.03. The lowest BCUT2D eigenvalue weighted by atomic mass is 10.1. The van der Waals surface area contributed by atoms with Crippen molar-refractivity contribution in [2.45, 2.75) is 39.4 Å². The third-order valence-electron chi connectivity index (χ3n) is 2.81. The van der Waals surface area contributed by atoms with Gasteiger partial charge in [0.2, 0.25) is 0 Å². The molecular weight excluding hydrogens is 210 g/mol. The number of ether oxygens (including phenoxy) is 1. The molecular formula is C15H21NO. The molecule has 0 atom stereocenters. The maximum Gasteiger partial charge on any atom is 0.0736 e. The van der Waals surface area contributed by atoms with Crippen LogP contribution < -0.4 is 5.73 Å². The fourth-order valence-electron chi connectivity index (χ4n) is 1.29. The van der Waals surface area contributed by atoms with Gasteiger partial charge in [-0.1, -0.05) is 37.0 Å². The van der Waals surface area contributed by atoms with Crippen molar-refractivity contribution in [2.24, 2.45) is 5.73 Å². The summed E-state index contributed by atoms with van der Waals surface area (Å²) in [5, 5.41) is 0. The lowest BCUT2D eigenvalue weighted by molar-refractivity contribution is -0.0316. The Morgan fingerprint density at radius 3 is 2.65 bits per heavy atom. The van der Waals surface area contributed by atoms with Crippen molar-refractivity contribution in [3.63, 3.8) is 0 Å². The molecule has 0 aromatic heterocycles. The summed E-state index contributed by atoms with van der Waals surface area (Å²) in [4.78, 5) is 0. The Hall–Kier alpha value is -1.30. The second-order valence-electron chi connectivity index (χ2n) is 4.56. The van der Waals surface area contributed by atoms with Gasteiger partial charge in [0.1, 0.15) is 0 Å². The molecule has 0 unspecified atom stereocenters. The van der Waals surface area contributed by atoms with E-state index in [1.54, 1.807) is 0 Å². The standard InChI is InChI=1S/C15H21NO/c1-4-15(2,3)17-12-14-9-6-5-8-13(14)10-7-11-16/h5-6,8-9H,4,11-12,16H2,1-3H3. The van der Waals surface area contributed by atoms with Crippen LogP contribution in [0, 0.1) is 11.8 Å². The maximum atomic E-state index is 5.89. The molecule has 0 fully saturated rings. The highest BCUT2D eigenvalue weighted by Crippen LogP contribution is 2.18. The molecule has 92 valence electrons. The zero-order chi connectivity index (χ0) is 12.7. The normalized spacial score (nSPS) is 10.8. The zero-order valence-corrected chi connectivity index (χ0v) is 10.9. The summed E-state index contributed by atoms with van der Waals surface area (Å²) in [5.41, 5.74) is 7.42. The molecule has 0 saturated heterocycles. The Morgan fingerprint density at radius 1 is 1.29 bits per heavy atom. The lowest BCUT2D eigenvalue weighted by Crippen LogP contribution is -2.22. The van der Waals surface area contributed by atoms with Crippen LogP contribution >= 0.6 is 0 Å². The first-order chi connectivity index (χ1) is 8.09. The third kappa shape index (κ3) is 4.60. The minimum Gasteiger partial charge on any atom is -0.371 e. The smallest absolute Gasteiger partial charge is 0.0736 e. The van der Waals surface area contributed by atoms with Crippen molar-refractivity contribution in [3.8, 4) is 11.8 Å². The maximum absolute atomic E-state index is 5.89. The van der Waals surface area contributed by atoms with Crippen molar-refractivity contribution in [3.05, 3.63) is 35.4 Å². The van der Waals surface area contributed by atoms with Crippen LogP contribution in [0.4, 0.5) is 0 Å². The predicted molar refractivity (Wildman–Crippen MR) is 71.5 cm³/mol. The topological polar surface area (TPSA) is 35.2 Å². The molecule has 0 spiro atoms. The quantitative estimate of drug-likeness (QED) is 0.809. The fraction of sp³-hybridized carbons (Fsp3) is 0.467. The number of hydrogen-bond donors (Lipinski definition) is 1. The van der Waals surface area contributed by atoms with Crippen LogP contribution in [0.25, 0.3) is 0 Å². The molecule has 2 heteroatoms. The monoisotopic (exact) mass is 231 g/mol. The second kappa shape index (κ2) is 6.44. The van der Waals surface area contributed by atoms with Crippen molar-refractivity contribution in [2.75, 3.05) is 6.54 Å². The first-order valence-electron chi connectivity index (χ1n) is 6.00. The van der Waals surface area contributed by atoms with Gasteiger partial charge < -0.3 is 10.5 Å². The zero-order valence-electron chi connectivity index (χ0n) is 10.9. The molecule has 2 N–H and O–H groups in total. The highest BCUT2D eigenvalue weighted by atomic mass is 16.5. The van der Waals surface area contributed by atoms with Crippen molar-refractivity contribution in [1.82, 2.24) is 0 Å². The molecule has 0 amide bonds. The number of rotatable bonds is 4. The van der Waals surface area contributed by atoms with Gasteiger partial charge >= 0.3 is 0 Å². The molecule has 1 rings (SSSR count). The Morgan fingerprint density at radius 2 is 2.00 bits per heavy atom. The molecule has 0 heterocycles. The first-order valence-corrected chi connectivity index (χ1v) is 6.00. The van der Waals surface area contributed by atoms with E-state index in [1.807, 2.05) is 24.3 Å². The summed E-state index contributed by atoms with van der Waals surface area (Å²) in [6.07, 6.45) is 0.990. The van der Waals surface area contributed by atoms with Gasteiger partial charge in [-0.25, -0.2) is 0 Å². The van der Waals surface area contributed by atoms with E-state index in [-0.39, 0.29) is 5.60 Å². The van der Waals surface area contributed by atoms with Crippen LogP contribution in [0.3, 0.4) is 0 Å². The highest BCUT2D eigenvalue weighted by Gasteiger charge is 2.15. The average molecular weight is 231 g/mol. The van der Waals surface area contributed by atoms with Crippen LogP contribution in [0.1, 0.15) is 38.3 Å². The van der Waals surface area contributed by atoms with E-state index in [0.717, 1.165) is 17.5 Å². The summed E-state index contributed by atoms with van der Waals surface area (Å²) in [5.74, 6) is 5.95. The van der Waals surface area contributed by atoms with Crippen LogP contribution in [-0.2, 0) is 11.3 Å². The van der Waals surface area contributed by atoms with Crippen LogP contribution in [-0.4, -0.2) is 12.1 Å². The Labute approximate surface area is 104 Å². The van der Waals surface area contributed by atoms with Crippen LogP contribution in [0.2, 0.25) is 0 Å². The van der Waals surface area contributed by atoms with Gasteiger partial charge in [0.25, 0.3) is 0 Å². The van der Waals surface area contributed by atoms with Crippen molar-refractivity contribution >= 4 is 0 Å². The van der Waals surface area contributed by atoms with Gasteiger partial charge in [0, 0.05) is 5.56 Å². The van der Waals surface area contributed by atoms with Crippen LogP contribution in [0.15, 0.2) is 24.3 Å². The van der Waals surface area contributed by atoms with Gasteiger partial charge in [0.15, 0.2) is 0 Å². The molecule has 0 aliphatic heterocycles. The van der Waals surface area contributed by atoms with Gasteiger partial charge in [-0.05, 0) is 31.9 Å². The Bertz CT molecular complexity index is 412. The average Bonchev–Trinajstić information content (AvgIpc) is 2.35. The SMILES string of the molecule is CCC(C)(C)OCc1ccccc1C#CCN. The summed E-state index contributed by atoms with van der Waals surface area (Å²) >= 11 is 0. The first kappa shape index (κ1) is 13.8. The van der Waals surface area contributed by atoms with E-state index >= 15 is 0 Å². The second-order valence-corrected chi connectivity index (χ2v) is 4.56.